The maximum Gasteiger partial charge on any atom is 0.262 e. The van der Waals surface area contributed by atoms with Gasteiger partial charge in [-0.05, 0) is 42.5 Å². The second-order valence-corrected chi connectivity index (χ2v) is 10.4. The summed E-state index contributed by atoms with van der Waals surface area (Å²) in [5.41, 5.74) is 2.07. The molecule has 2 N–H and O–H groups in total. The van der Waals surface area contributed by atoms with Crippen molar-refractivity contribution in [3.63, 3.8) is 0 Å². The van der Waals surface area contributed by atoms with E-state index in [-0.39, 0.29) is 40.6 Å². The molecule has 0 saturated carbocycles. The minimum absolute atomic E-state index is 0.0510. The predicted octanol–water partition coefficient (Wildman–Crippen LogP) is 3.59. The Morgan fingerprint density at radius 2 is 1.97 bits per heavy atom. The Labute approximate surface area is 191 Å². The van der Waals surface area contributed by atoms with Gasteiger partial charge >= 0.3 is 0 Å². The largest absolute Gasteiger partial charge is 0.482 e. The van der Waals surface area contributed by atoms with Gasteiger partial charge in [-0.15, -0.1) is 0 Å². The lowest BCUT2D eigenvalue weighted by atomic mass is 10.0. The summed E-state index contributed by atoms with van der Waals surface area (Å²) < 4.78 is 33.3. The number of halogens is 1. The Kier molecular flexibility index (Phi) is 6.15. The molecule has 1 atom stereocenters. The number of rotatable bonds is 5. The van der Waals surface area contributed by atoms with Gasteiger partial charge in [0.05, 0.1) is 10.7 Å². The summed E-state index contributed by atoms with van der Waals surface area (Å²) in [6, 6.07) is 9.30. The first-order chi connectivity index (χ1) is 15.2. The molecule has 0 unspecified atom stereocenters. The Morgan fingerprint density at radius 1 is 1.25 bits per heavy atom. The fourth-order valence-corrected chi connectivity index (χ4v) is 6.05. The number of nitrogens with zero attached hydrogens (tertiary/aromatic N) is 1. The topological polar surface area (TPSA) is 105 Å². The average molecular weight is 478 g/mol. The summed E-state index contributed by atoms with van der Waals surface area (Å²) in [7, 11) is -4.07. The van der Waals surface area contributed by atoms with Gasteiger partial charge in [-0.3, -0.25) is 9.59 Å². The summed E-state index contributed by atoms with van der Waals surface area (Å²) in [6.45, 7) is 4.16. The minimum atomic E-state index is -4.07. The molecule has 4 rings (SSSR count). The van der Waals surface area contributed by atoms with E-state index >= 15 is 0 Å². The monoisotopic (exact) mass is 477 g/mol. The highest BCUT2D eigenvalue weighted by Gasteiger charge is 2.41. The van der Waals surface area contributed by atoms with Crippen LogP contribution in [0, 0.1) is 0 Å². The number of benzene rings is 2. The molecule has 10 heteroatoms. The molecule has 0 aromatic heterocycles. The van der Waals surface area contributed by atoms with Crippen LogP contribution in [0.2, 0.25) is 5.02 Å². The van der Waals surface area contributed by atoms with E-state index < -0.39 is 16.1 Å². The van der Waals surface area contributed by atoms with Crippen molar-refractivity contribution in [1.82, 2.24) is 4.31 Å². The molecule has 0 radical (unpaired) electrons. The zero-order valence-electron chi connectivity index (χ0n) is 17.7. The molecule has 2 heterocycles. The maximum absolute atomic E-state index is 13.4. The first kappa shape index (κ1) is 22.6. The van der Waals surface area contributed by atoms with Crippen LogP contribution in [0.5, 0.6) is 5.75 Å². The lowest BCUT2D eigenvalue weighted by molar-refractivity contribution is -0.119. The molecule has 2 aromatic rings. The third kappa shape index (κ3) is 4.32. The molecule has 170 valence electrons. The summed E-state index contributed by atoms with van der Waals surface area (Å²) in [5, 5.41) is 5.36. The highest BCUT2D eigenvalue weighted by molar-refractivity contribution is 7.89. The Balaban J connectivity index is 1.57. The van der Waals surface area contributed by atoms with Crippen molar-refractivity contribution in [1.29, 1.82) is 0 Å². The standard InChI is InChI=1S/C22H24ClN3O5S/c1-13(2)14-5-7-15(8-6-14)24-22(28)18-4-3-9-26(18)32(29,30)20-11-19-17(10-16(20)23)25-21(27)12-31-19/h5-8,10-11,13,18H,3-4,9,12H2,1-2H3,(H,24,28)(H,25,27)/t18-/m0/s1. The predicted molar refractivity (Wildman–Crippen MR) is 122 cm³/mol. The fraction of sp³-hybridized carbons (Fsp3) is 0.364. The molecule has 0 aliphatic carbocycles. The third-order valence-corrected chi connectivity index (χ3v) is 7.98. The van der Waals surface area contributed by atoms with Gasteiger partial charge in [0.15, 0.2) is 6.61 Å². The van der Waals surface area contributed by atoms with Crippen LogP contribution >= 0.6 is 11.6 Å². The quantitative estimate of drug-likeness (QED) is 0.684. The molecule has 0 bridgehead atoms. The molecule has 1 fully saturated rings. The van der Waals surface area contributed by atoms with Crippen LogP contribution in [0.25, 0.3) is 0 Å². The smallest absolute Gasteiger partial charge is 0.262 e. The van der Waals surface area contributed by atoms with Crippen LogP contribution in [0.1, 0.15) is 38.2 Å². The van der Waals surface area contributed by atoms with Crippen molar-refractivity contribution >= 4 is 44.8 Å². The normalized spacial score (nSPS) is 18.8. The lowest BCUT2D eigenvalue weighted by Crippen LogP contribution is -2.43. The van der Waals surface area contributed by atoms with Crippen molar-refractivity contribution in [3.8, 4) is 5.75 Å². The summed E-state index contributed by atoms with van der Waals surface area (Å²) in [4.78, 5) is 24.3. The Morgan fingerprint density at radius 3 is 2.66 bits per heavy atom. The molecule has 2 aliphatic heterocycles. The molecule has 1 saturated heterocycles. The number of fused-ring (bicyclic) bond motifs is 1. The zero-order valence-corrected chi connectivity index (χ0v) is 19.3. The minimum Gasteiger partial charge on any atom is -0.482 e. The molecule has 0 spiro atoms. The number of carbonyl (C=O) groups excluding carboxylic acids is 2. The van der Waals surface area contributed by atoms with Crippen molar-refractivity contribution < 1.29 is 22.7 Å². The number of nitrogens with one attached hydrogen (secondary N) is 2. The molecule has 32 heavy (non-hydrogen) atoms. The zero-order chi connectivity index (χ0) is 23.0. The molecule has 8 nitrogen and oxygen atoms in total. The average Bonchev–Trinajstić information content (AvgIpc) is 3.24. The second-order valence-electron chi connectivity index (χ2n) is 8.16. The second kappa shape index (κ2) is 8.73. The molecule has 2 aromatic carbocycles. The number of hydrogen-bond acceptors (Lipinski definition) is 5. The van der Waals surface area contributed by atoms with Crippen LogP contribution in [0.4, 0.5) is 11.4 Å². The highest BCUT2D eigenvalue weighted by atomic mass is 35.5. The van der Waals surface area contributed by atoms with Gasteiger partial charge in [0, 0.05) is 18.3 Å². The molecular weight excluding hydrogens is 454 g/mol. The van der Waals surface area contributed by atoms with E-state index in [0.717, 1.165) is 5.56 Å². The Hall–Kier alpha value is -2.62. The lowest BCUT2D eigenvalue weighted by Gasteiger charge is -2.25. The van der Waals surface area contributed by atoms with Gasteiger partial charge in [-0.25, -0.2) is 8.42 Å². The maximum atomic E-state index is 13.4. The van der Waals surface area contributed by atoms with E-state index in [2.05, 4.69) is 24.5 Å². The van der Waals surface area contributed by atoms with E-state index in [0.29, 0.717) is 30.1 Å². The number of amides is 2. The fourth-order valence-electron chi connectivity index (χ4n) is 3.87. The SMILES string of the molecule is CC(C)c1ccc(NC(=O)[C@@H]2CCCN2S(=O)(=O)c2cc3c(cc2Cl)NC(=O)CO3)cc1. The van der Waals surface area contributed by atoms with Crippen molar-refractivity contribution in [3.05, 3.63) is 47.0 Å². The van der Waals surface area contributed by atoms with Gasteiger partial charge in [-0.2, -0.15) is 4.31 Å². The number of ether oxygens (including phenoxy) is 1. The van der Waals surface area contributed by atoms with E-state index in [1.165, 1.54) is 16.4 Å². The van der Waals surface area contributed by atoms with E-state index in [1.54, 1.807) is 0 Å². The number of carbonyl (C=O) groups is 2. The van der Waals surface area contributed by atoms with E-state index in [4.69, 9.17) is 16.3 Å². The number of anilines is 2. The van der Waals surface area contributed by atoms with E-state index in [1.807, 2.05) is 24.3 Å². The van der Waals surface area contributed by atoms with Crippen molar-refractivity contribution in [2.24, 2.45) is 0 Å². The molecule has 2 aliphatic rings. The van der Waals surface area contributed by atoms with Crippen LogP contribution in [-0.4, -0.2) is 43.7 Å². The van der Waals surface area contributed by atoms with Gasteiger partial charge in [0.2, 0.25) is 15.9 Å². The van der Waals surface area contributed by atoms with Crippen LogP contribution < -0.4 is 15.4 Å². The first-order valence-electron chi connectivity index (χ1n) is 10.4. The molecule has 2 amide bonds. The first-order valence-corrected chi connectivity index (χ1v) is 12.2. The van der Waals surface area contributed by atoms with Crippen LogP contribution in [0.15, 0.2) is 41.3 Å². The van der Waals surface area contributed by atoms with Crippen LogP contribution in [-0.2, 0) is 19.6 Å². The third-order valence-electron chi connectivity index (χ3n) is 5.60. The van der Waals surface area contributed by atoms with Gasteiger partial charge in [0.1, 0.15) is 16.7 Å². The van der Waals surface area contributed by atoms with Crippen molar-refractivity contribution in [2.75, 3.05) is 23.8 Å². The van der Waals surface area contributed by atoms with Gasteiger partial charge in [0.25, 0.3) is 5.91 Å². The number of hydrogen-bond donors (Lipinski definition) is 2. The van der Waals surface area contributed by atoms with Gasteiger partial charge < -0.3 is 15.4 Å². The Bertz CT molecular complexity index is 1160. The highest BCUT2D eigenvalue weighted by Crippen LogP contribution is 2.38. The summed E-state index contributed by atoms with van der Waals surface area (Å²) >= 11 is 6.26. The summed E-state index contributed by atoms with van der Waals surface area (Å²) in [6.07, 6.45) is 0.961. The number of sulfonamides is 1. The molecular formula is C22H24ClN3O5S. The van der Waals surface area contributed by atoms with Crippen LogP contribution in [0.3, 0.4) is 0 Å². The van der Waals surface area contributed by atoms with Gasteiger partial charge in [-0.1, -0.05) is 37.6 Å². The van der Waals surface area contributed by atoms with Crippen molar-refractivity contribution in [2.45, 2.75) is 43.5 Å². The van der Waals surface area contributed by atoms with E-state index in [9.17, 15) is 18.0 Å². The summed E-state index contributed by atoms with van der Waals surface area (Å²) in [5.74, 6) is -0.144.